The van der Waals surface area contributed by atoms with E-state index in [9.17, 15) is 0 Å². The van der Waals surface area contributed by atoms with Gasteiger partial charge in [-0.05, 0) is 24.7 Å². The molecule has 13 heavy (non-hydrogen) atoms. The highest BCUT2D eigenvalue weighted by molar-refractivity contribution is 6.30. The Morgan fingerprint density at radius 3 is 2.77 bits per heavy atom. The van der Waals surface area contributed by atoms with Crippen LogP contribution in [0.4, 0.5) is 0 Å². The summed E-state index contributed by atoms with van der Waals surface area (Å²) in [4.78, 5) is 4.20. The molecule has 1 aliphatic carbocycles. The Hall–Kier alpha value is -0.500. The van der Waals surface area contributed by atoms with Gasteiger partial charge in [0.25, 0.3) is 0 Å². The van der Waals surface area contributed by atoms with E-state index in [0.29, 0.717) is 5.92 Å². The average Bonchev–Trinajstić information content (AvgIpc) is 2.78. The van der Waals surface area contributed by atoms with Gasteiger partial charge in [0, 0.05) is 6.54 Å². The molecule has 0 unspecified atom stereocenters. The van der Waals surface area contributed by atoms with Crippen LogP contribution in [0.1, 0.15) is 38.3 Å². The van der Waals surface area contributed by atoms with Gasteiger partial charge in [0.15, 0.2) is 6.33 Å². The van der Waals surface area contributed by atoms with Gasteiger partial charge in [-0.15, -0.1) is 0 Å². The number of hydrogen-bond donors (Lipinski definition) is 0. The lowest BCUT2D eigenvalue weighted by Crippen LogP contribution is -1.99. The zero-order valence-electron chi connectivity index (χ0n) is 8.05. The van der Waals surface area contributed by atoms with Crippen molar-refractivity contribution in [2.45, 2.75) is 39.2 Å². The van der Waals surface area contributed by atoms with Crippen molar-refractivity contribution in [3.63, 3.8) is 0 Å². The van der Waals surface area contributed by atoms with Crippen LogP contribution in [-0.4, -0.2) is 9.55 Å². The van der Waals surface area contributed by atoms with Crippen LogP contribution in [0.15, 0.2) is 0 Å². The number of imidazole rings is 1. The summed E-state index contributed by atoms with van der Waals surface area (Å²) >= 11 is 6.16. The molecule has 3 heteroatoms. The molecule has 0 amide bonds. The molecule has 1 saturated carbocycles. The molecular weight excluding hydrogens is 184 g/mol. The highest BCUT2D eigenvalue weighted by Crippen LogP contribution is 2.32. The summed E-state index contributed by atoms with van der Waals surface area (Å²) in [7, 11) is 0. The zero-order chi connectivity index (χ0) is 9.42. The van der Waals surface area contributed by atoms with E-state index in [1.807, 2.05) is 4.57 Å². The molecule has 2 rings (SSSR count). The summed E-state index contributed by atoms with van der Waals surface area (Å²) in [5.74, 6) is 1.21. The van der Waals surface area contributed by atoms with E-state index in [0.717, 1.165) is 23.3 Å². The van der Waals surface area contributed by atoms with Crippen LogP contribution in [0.25, 0.3) is 0 Å². The lowest BCUT2D eigenvalue weighted by Gasteiger charge is -2.03. The van der Waals surface area contributed by atoms with E-state index in [1.54, 1.807) is 0 Å². The SMILES string of the molecule is CC(C)c1n[c]n(CC2CC2)c1Cl. The minimum absolute atomic E-state index is 0.393. The second-order valence-electron chi connectivity index (χ2n) is 4.10. The first-order valence-electron chi connectivity index (χ1n) is 4.82. The number of halogens is 1. The van der Waals surface area contributed by atoms with Crippen LogP contribution in [0, 0.1) is 12.2 Å². The number of hydrogen-bond acceptors (Lipinski definition) is 1. The summed E-state index contributed by atoms with van der Waals surface area (Å²) < 4.78 is 1.95. The van der Waals surface area contributed by atoms with Crippen molar-refractivity contribution in [3.05, 3.63) is 17.2 Å². The Balaban J connectivity index is 2.16. The maximum atomic E-state index is 6.16. The summed E-state index contributed by atoms with van der Waals surface area (Å²) in [6, 6.07) is 0. The highest BCUT2D eigenvalue weighted by Gasteiger charge is 2.23. The largest absolute Gasteiger partial charge is 0.312 e. The van der Waals surface area contributed by atoms with E-state index < -0.39 is 0 Å². The minimum atomic E-state index is 0.393. The third-order valence-electron chi connectivity index (χ3n) is 2.42. The van der Waals surface area contributed by atoms with E-state index in [-0.39, 0.29) is 0 Å². The Kier molecular flexibility index (Phi) is 2.33. The first-order valence-corrected chi connectivity index (χ1v) is 5.20. The topological polar surface area (TPSA) is 17.8 Å². The van der Waals surface area contributed by atoms with E-state index in [4.69, 9.17) is 11.6 Å². The van der Waals surface area contributed by atoms with Gasteiger partial charge in [-0.2, -0.15) is 0 Å². The van der Waals surface area contributed by atoms with Crippen LogP contribution in [0.5, 0.6) is 0 Å². The van der Waals surface area contributed by atoms with Crippen molar-refractivity contribution in [2.24, 2.45) is 5.92 Å². The van der Waals surface area contributed by atoms with Crippen molar-refractivity contribution < 1.29 is 0 Å². The average molecular weight is 198 g/mol. The second-order valence-corrected chi connectivity index (χ2v) is 4.45. The maximum absolute atomic E-state index is 6.16. The van der Waals surface area contributed by atoms with Gasteiger partial charge in [-0.1, -0.05) is 25.4 Å². The van der Waals surface area contributed by atoms with Gasteiger partial charge in [0.1, 0.15) is 5.15 Å². The fourth-order valence-corrected chi connectivity index (χ4v) is 1.76. The molecule has 1 aliphatic rings. The molecule has 1 fully saturated rings. The molecule has 1 heterocycles. The first-order chi connectivity index (χ1) is 6.18. The van der Waals surface area contributed by atoms with Crippen LogP contribution in [0.3, 0.4) is 0 Å². The molecule has 1 aromatic rings. The molecule has 0 atom stereocenters. The molecule has 0 aliphatic heterocycles. The summed E-state index contributed by atoms with van der Waals surface area (Å²) in [5.41, 5.74) is 0.974. The zero-order valence-corrected chi connectivity index (χ0v) is 8.80. The molecule has 71 valence electrons. The van der Waals surface area contributed by atoms with Crippen LogP contribution < -0.4 is 0 Å². The van der Waals surface area contributed by atoms with E-state index in [2.05, 4.69) is 25.2 Å². The highest BCUT2D eigenvalue weighted by atomic mass is 35.5. The summed E-state index contributed by atoms with van der Waals surface area (Å²) in [5, 5.41) is 0.780. The van der Waals surface area contributed by atoms with Gasteiger partial charge in [0.2, 0.25) is 0 Å². The molecule has 1 aromatic heterocycles. The van der Waals surface area contributed by atoms with Crippen LogP contribution in [0.2, 0.25) is 5.15 Å². The molecule has 0 bridgehead atoms. The van der Waals surface area contributed by atoms with Crippen molar-refractivity contribution in [1.29, 1.82) is 0 Å². The predicted molar refractivity (Wildman–Crippen MR) is 52.9 cm³/mol. The quantitative estimate of drug-likeness (QED) is 0.729. The fraction of sp³-hybridized carbons (Fsp3) is 0.700. The molecule has 2 nitrogen and oxygen atoms in total. The van der Waals surface area contributed by atoms with Gasteiger partial charge < -0.3 is 4.57 Å². The van der Waals surface area contributed by atoms with Crippen molar-refractivity contribution >= 4 is 11.6 Å². The number of aromatic nitrogens is 2. The normalized spacial score (nSPS) is 16.9. The van der Waals surface area contributed by atoms with E-state index >= 15 is 0 Å². The van der Waals surface area contributed by atoms with E-state index in [1.165, 1.54) is 12.8 Å². The standard InChI is InChI=1S/C10H14ClN2/c1-7(2)9-10(11)13(6-12-9)5-8-3-4-8/h7-8H,3-5H2,1-2H3. The lowest BCUT2D eigenvalue weighted by atomic mass is 10.1. The molecule has 1 radical (unpaired) electrons. The number of nitrogens with zero attached hydrogens (tertiary/aromatic N) is 2. The van der Waals surface area contributed by atoms with Crippen molar-refractivity contribution in [1.82, 2.24) is 9.55 Å². The maximum Gasteiger partial charge on any atom is 0.177 e. The molecule has 0 aromatic carbocycles. The van der Waals surface area contributed by atoms with Gasteiger partial charge in [0.05, 0.1) is 5.69 Å². The Morgan fingerprint density at radius 2 is 2.31 bits per heavy atom. The molecular formula is C10H14ClN2. The van der Waals surface area contributed by atoms with Crippen molar-refractivity contribution in [2.75, 3.05) is 0 Å². The van der Waals surface area contributed by atoms with Gasteiger partial charge in [-0.25, -0.2) is 4.98 Å². The first kappa shape index (κ1) is 9.07. The lowest BCUT2D eigenvalue weighted by molar-refractivity contribution is 0.622. The fourth-order valence-electron chi connectivity index (χ4n) is 1.39. The number of rotatable bonds is 3. The summed E-state index contributed by atoms with van der Waals surface area (Å²) in [6.07, 6.45) is 5.63. The van der Waals surface area contributed by atoms with Gasteiger partial charge in [-0.3, -0.25) is 0 Å². The Bertz CT molecular complexity index is 300. The second kappa shape index (κ2) is 3.33. The Morgan fingerprint density at radius 1 is 1.62 bits per heavy atom. The van der Waals surface area contributed by atoms with Crippen LogP contribution in [-0.2, 0) is 6.54 Å². The monoisotopic (exact) mass is 197 g/mol. The van der Waals surface area contributed by atoms with Crippen molar-refractivity contribution in [3.8, 4) is 0 Å². The molecule has 0 saturated heterocycles. The summed E-state index contributed by atoms with van der Waals surface area (Å²) in [6.45, 7) is 5.20. The minimum Gasteiger partial charge on any atom is -0.312 e. The van der Waals surface area contributed by atoms with Crippen LogP contribution >= 0.6 is 11.6 Å². The molecule has 0 spiro atoms. The molecule has 0 N–H and O–H groups in total. The Labute approximate surface area is 83.9 Å². The third-order valence-corrected chi connectivity index (χ3v) is 2.82. The third kappa shape index (κ3) is 1.88. The smallest absolute Gasteiger partial charge is 0.177 e. The predicted octanol–water partition coefficient (Wildman–Crippen LogP) is 2.87. The van der Waals surface area contributed by atoms with Gasteiger partial charge >= 0.3 is 0 Å².